The first-order valence-electron chi connectivity index (χ1n) is 16.9. The van der Waals surface area contributed by atoms with Gasteiger partial charge in [-0.2, -0.15) is 0 Å². The molecule has 3 amide bonds. The van der Waals surface area contributed by atoms with E-state index < -0.39 is 66.1 Å². The third kappa shape index (κ3) is 6.12. The number of likely N-dealkylation sites (tertiary alicyclic amines) is 1. The van der Waals surface area contributed by atoms with Crippen molar-refractivity contribution in [3.8, 4) is 0 Å². The van der Waals surface area contributed by atoms with Gasteiger partial charge in [-0.15, -0.1) is 0 Å². The van der Waals surface area contributed by atoms with Gasteiger partial charge >= 0.3 is 5.97 Å². The second kappa shape index (κ2) is 14.2. The molecule has 1 spiro atoms. The van der Waals surface area contributed by atoms with E-state index in [-0.39, 0.29) is 31.8 Å². The Morgan fingerprint density at radius 3 is 2.38 bits per heavy atom. The number of nitrogens with one attached hydrogen (secondary N) is 1. The number of halogens is 1. The Balaban J connectivity index is 1.34. The zero-order valence-electron chi connectivity index (χ0n) is 27.3. The molecule has 7 rings (SSSR count). The van der Waals surface area contributed by atoms with Crippen molar-refractivity contribution in [3.05, 3.63) is 125 Å². The summed E-state index contributed by atoms with van der Waals surface area (Å²) in [6.07, 6.45) is 6.25. The fraction of sp³-hybridized carbons (Fsp3) is 0.333. The Morgan fingerprint density at radius 1 is 0.920 bits per heavy atom. The van der Waals surface area contributed by atoms with Gasteiger partial charge in [0.15, 0.2) is 0 Å². The van der Waals surface area contributed by atoms with Gasteiger partial charge in [-0.1, -0.05) is 109 Å². The van der Waals surface area contributed by atoms with E-state index in [4.69, 9.17) is 21.1 Å². The van der Waals surface area contributed by atoms with E-state index in [9.17, 15) is 19.5 Å². The number of para-hydroxylation sites is 1. The Labute approximate surface area is 295 Å². The number of allylic oxidation sites excluding steroid dienone is 1. The molecule has 4 heterocycles. The Morgan fingerprint density at radius 2 is 1.64 bits per heavy atom. The first kappa shape index (κ1) is 33.7. The number of anilines is 1. The van der Waals surface area contributed by atoms with Gasteiger partial charge in [-0.3, -0.25) is 19.2 Å². The lowest BCUT2D eigenvalue weighted by molar-refractivity contribution is -0.160. The summed E-state index contributed by atoms with van der Waals surface area (Å²) in [7, 11) is 0. The van der Waals surface area contributed by atoms with Crippen LogP contribution in [0.1, 0.15) is 30.1 Å². The number of carbonyl (C=O) groups excluding carboxylic acids is 4. The molecular weight excluding hydrogens is 658 g/mol. The largest absolute Gasteiger partial charge is 0.455 e. The number of benzene rings is 3. The van der Waals surface area contributed by atoms with Gasteiger partial charge < -0.3 is 29.7 Å². The predicted octanol–water partition coefficient (Wildman–Crippen LogP) is 4.18. The highest BCUT2D eigenvalue weighted by Crippen LogP contribution is 2.56. The van der Waals surface area contributed by atoms with E-state index in [1.807, 2.05) is 66.7 Å². The maximum atomic E-state index is 15.1. The maximum Gasteiger partial charge on any atom is 0.313 e. The predicted molar refractivity (Wildman–Crippen MR) is 186 cm³/mol. The number of esters is 1. The second-order valence-corrected chi connectivity index (χ2v) is 13.4. The van der Waals surface area contributed by atoms with Crippen LogP contribution in [0.2, 0.25) is 5.02 Å². The number of fused-ring (bicyclic) bond motifs is 2. The molecule has 0 unspecified atom stereocenters. The second-order valence-electron chi connectivity index (χ2n) is 13.0. The SMILES string of the molecule is O=C1CC/C=C\CN(c2ccccc2Cl)C(=O)[C@H]2N([C@@H](CO)Cc3ccccc3)C(=O)[C@@H]3[C@@H](C(=O)O[C@@H](c4ccccc4)CN1)[C@H]1C=C[C@]32O1. The Hall–Kier alpha value is -4.77. The molecule has 11 heteroatoms. The lowest BCUT2D eigenvalue weighted by Gasteiger charge is -2.39. The molecule has 258 valence electrons. The summed E-state index contributed by atoms with van der Waals surface area (Å²) in [6, 6.07) is 23.4. The molecule has 0 saturated carbocycles. The molecule has 2 fully saturated rings. The first-order valence-corrected chi connectivity index (χ1v) is 17.3. The number of aliphatic hydroxyl groups excluding tert-OH is 1. The van der Waals surface area contributed by atoms with Crippen LogP contribution in [0.5, 0.6) is 0 Å². The van der Waals surface area contributed by atoms with Crippen LogP contribution in [0.4, 0.5) is 5.69 Å². The minimum atomic E-state index is -1.51. The van der Waals surface area contributed by atoms with E-state index in [0.29, 0.717) is 22.7 Å². The highest BCUT2D eigenvalue weighted by atomic mass is 35.5. The van der Waals surface area contributed by atoms with Crippen molar-refractivity contribution in [1.82, 2.24) is 10.2 Å². The van der Waals surface area contributed by atoms with Gasteiger partial charge in [-0.05, 0) is 36.1 Å². The van der Waals surface area contributed by atoms with E-state index in [1.54, 1.807) is 42.5 Å². The van der Waals surface area contributed by atoms with E-state index in [0.717, 1.165) is 5.56 Å². The van der Waals surface area contributed by atoms with Crippen molar-refractivity contribution >= 4 is 41.0 Å². The fourth-order valence-electron chi connectivity index (χ4n) is 7.73. The number of rotatable bonds is 6. The minimum absolute atomic E-state index is 0.0350. The molecular formula is C39H38ClN3O7. The molecule has 7 atom stereocenters. The van der Waals surface area contributed by atoms with Gasteiger partial charge in [0.2, 0.25) is 11.8 Å². The number of amides is 3. The third-order valence-electron chi connectivity index (χ3n) is 10.1. The van der Waals surface area contributed by atoms with E-state index >= 15 is 4.79 Å². The molecule has 0 radical (unpaired) electrons. The zero-order valence-corrected chi connectivity index (χ0v) is 28.0. The monoisotopic (exact) mass is 695 g/mol. The number of cyclic esters (lactones) is 1. The molecule has 3 aromatic carbocycles. The molecule has 50 heavy (non-hydrogen) atoms. The number of hydrogen-bond donors (Lipinski definition) is 2. The first-order chi connectivity index (χ1) is 24.3. The molecule has 0 aromatic heterocycles. The fourth-order valence-corrected chi connectivity index (χ4v) is 7.97. The topological polar surface area (TPSA) is 125 Å². The highest BCUT2D eigenvalue weighted by molar-refractivity contribution is 6.34. The molecule has 2 N–H and O–H groups in total. The van der Waals surface area contributed by atoms with Crippen LogP contribution in [0.3, 0.4) is 0 Å². The minimum Gasteiger partial charge on any atom is -0.455 e. The Kier molecular flexibility index (Phi) is 9.59. The van der Waals surface area contributed by atoms with Crippen molar-refractivity contribution in [2.45, 2.75) is 49.2 Å². The van der Waals surface area contributed by atoms with E-state index in [2.05, 4.69) is 5.32 Å². The molecule has 4 aliphatic heterocycles. The van der Waals surface area contributed by atoms with Crippen molar-refractivity contribution in [1.29, 1.82) is 0 Å². The number of aliphatic hydroxyl groups is 1. The van der Waals surface area contributed by atoms with Crippen LogP contribution in [0.15, 0.2) is 109 Å². The van der Waals surface area contributed by atoms with Crippen LogP contribution < -0.4 is 10.2 Å². The van der Waals surface area contributed by atoms with Crippen LogP contribution in [0, 0.1) is 11.8 Å². The zero-order chi connectivity index (χ0) is 34.8. The summed E-state index contributed by atoms with van der Waals surface area (Å²) in [6.45, 7) is -0.314. The average Bonchev–Trinajstić information content (AvgIpc) is 3.78. The Bertz CT molecular complexity index is 1820. The molecule has 4 aliphatic rings. The summed E-state index contributed by atoms with van der Waals surface area (Å²) >= 11 is 6.68. The number of nitrogens with zero attached hydrogens (tertiary/aromatic N) is 2. The van der Waals surface area contributed by atoms with Crippen molar-refractivity contribution in [3.63, 3.8) is 0 Å². The van der Waals surface area contributed by atoms with Crippen LogP contribution >= 0.6 is 11.6 Å². The highest BCUT2D eigenvalue weighted by Gasteiger charge is 2.74. The van der Waals surface area contributed by atoms with Crippen molar-refractivity contribution in [2.75, 3.05) is 24.6 Å². The van der Waals surface area contributed by atoms with Gasteiger partial charge in [0.25, 0.3) is 5.91 Å². The number of ether oxygens (including phenoxy) is 2. The molecule has 10 nitrogen and oxygen atoms in total. The summed E-state index contributed by atoms with van der Waals surface area (Å²) < 4.78 is 12.7. The summed E-state index contributed by atoms with van der Waals surface area (Å²) in [4.78, 5) is 60.0. The van der Waals surface area contributed by atoms with Gasteiger partial charge in [0.1, 0.15) is 23.7 Å². The van der Waals surface area contributed by atoms with E-state index in [1.165, 1.54) is 9.80 Å². The van der Waals surface area contributed by atoms with Gasteiger partial charge in [0, 0.05) is 13.0 Å². The normalized spacial score (nSPS) is 29.4. The summed E-state index contributed by atoms with van der Waals surface area (Å²) in [5, 5.41) is 14.1. The molecule has 0 aliphatic carbocycles. The van der Waals surface area contributed by atoms with Gasteiger partial charge in [-0.25, -0.2) is 0 Å². The molecule has 5 bridgehead atoms. The molecule has 3 aromatic rings. The summed E-state index contributed by atoms with van der Waals surface area (Å²) in [5.74, 6) is -4.03. The average molecular weight is 696 g/mol. The quantitative estimate of drug-likeness (QED) is 0.293. The lowest BCUT2D eigenvalue weighted by Crippen LogP contribution is -2.59. The van der Waals surface area contributed by atoms with Crippen molar-refractivity contribution < 1.29 is 33.8 Å². The van der Waals surface area contributed by atoms with Crippen LogP contribution in [-0.4, -0.2) is 77.2 Å². The number of carbonyl (C=O) groups is 4. The lowest BCUT2D eigenvalue weighted by atomic mass is 9.74. The van der Waals surface area contributed by atoms with Crippen LogP contribution in [-0.2, 0) is 35.1 Å². The van der Waals surface area contributed by atoms with Gasteiger partial charge in [0.05, 0.1) is 41.9 Å². The summed E-state index contributed by atoms with van der Waals surface area (Å²) in [5.41, 5.74) is 0.457. The smallest absolute Gasteiger partial charge is 0.313 e. The van der Waals surface area contributed by atoms with Crippen LogP contribution in [0.25, 0.3) is 0 Å². The maximum absolute atomic E-state index is 15.1. The standard InChI is InChI=1S/C39H38ClN3O7/c40-28-16-9-10-17-29(28)42-21-11-3-8-18-32(45)41-23-31(26-14-6-2-7-15-26)49-38(48)33-30-19-20-39(50-30)34(33)36(46)43(35(39)37(42)47)27(24-44)22-25-12-4-1-5-13-25/h1-7,9-17,19-20,27,30-31,33-35,44H,8,18,21-24H2,(H,41,45)/b11-3-/t27-,30-,31-,33+,34+,35-,39+/m1/s1. The number of hydrogen-bond acceptors (Lipinski definition) is 7. The third-order valence-corrected chi connectivity index (χ3v) is 10.4. The molecule has 2 saturated heterocycles. The van der Waals surface area contributed by atoms with Crippen molar-refractivity contribution in [2.24, 2.45) is 11.8 Å².